The quantitative estimate of drug-likeness (QED) is 0.708. The summed E-state index contributed by atoms with van der Waals surface area (Å²) in [5, 5.41) is 13.1. The average molecular weight is 266 g/mol. The lowest BCUT2D eigenvalue weighted by atomic mass is 10.2. The van der Waals surface area contributed by atoms with E-state index < -0.39 is 0 Å². The van der Waals surface area contributed by atoms with Crippen LogP contribution in [0.25, 0.3) is 0 Å². The predicted octanol–water partition coefficient (Wildman–Crippen LogP) is 2.22. The van der Waals surface area contributed by atoms with Crippen molar-refractivity contribution in [2.45, 2.75) is 32.9 Å². The molecule has 0 aliphatic rings. The SMILES string of the molecule is CCC(C)N(C)CCNCc1cc(OC)ccc1O. The molecule has 0 spiro atoms. The van der Waals surface area contributed by atoms with Crippen LogP contribution in [0, 0.1) is 0 Å². The van der Waals surface area contributed by atoms with Gasteiger partial charge in [-0.2, -0.15) is 0 Å². The van der Waals surface area contributed by atoms with Crippen molar-refractivity contribution in [3.8, 4) is 11.5 Å². The van der Waals surface area contributed by atoms with Gasteiger partial charge in [-0.05, 0) is 38.6 Å². The highest BCUT2D eigenvalue weighted by Crippen LogP contribution is 2.22. The molecule has 1 rings (SSSR count). The fourth-order valence-corrected chi connectivity index (χ4v) is 1.84. The lowest BCUT2D eigenvalue weighted by Crippen LogP contribution is -2.34. The lowest BCUT2D eigenvalue weighted by Gasteiger charge is -2.23. The molecule has 0 fully saturated rings. The molecular weight excluding hydrogens is 240 g/mol. The zero-order valence-corrected chi connectivity index (χ0v) is 12.4. The van der Waals surface area contributed by atoms with Crippen molar-refractivity contribution in [1.29, 1.82) is 0 Å². The highest BCUT2D eigenvalue weighted by atomic mass is 16.5. The number of phenolic OH excluding ortho intramolecular Hbond substituents is 1. The van der Waals surface area contributed by atoms with Gasteiger partial charge in [0.05, 0.1) is 7.11 Å². The predicted molar refractivity (Wildman–Crippen MR) is 78.7 cm³/mol. The molecule has 4 heteroatoms. The van der Waals surface area contributed by atoms with Gasteiger partial charge in [0.2, 0.25) is 0 Å². The van der Waals surface area contributed by atoms with Crippen LogP contribution in [0.3, 0.4) is 0 Å². The maximum Gasteiger partial charge on any atom is 0.120 e. The number of likely N-dealkylation sites (N-methyl/N-ethyl adjacent to an activating group) is 1. The second-order valence-electron chi connectivity index (χ2n) is 4.91. The summed E-state index contributed by atoms with van der Waals surface area (Å²) in [6, 6.07) is 5.89. The minimum Gasteiger partial charge on any atom is -0.508 e. The molecule has 0 heterocycles. The van der Waals surface area contributed by atoms with E-state index in [1.54, 1.807) is 19.2 Å². The molecule has 0 saturated carbocycles. The van der Waals surface area contributed by atoms with E-state index in [1.165, 1.54) is 0 Å². The van der Waals surface area contributed by atoms with Gasteiger partial charge in [-0.25, -0.2) is 0 Å². The molecular formula is C15H26N2O2. The summed E-state index contributed by atoms with van der Waals surface area (Å²) in [5.41, 5.74) is 0.866. The summed E-state index contributed by atoms with van der Waals surface area (Å²) in [7, 11) is 3.77. The van der Waals surface area contributed by atoms with Crippen molar-refractivity contribution in [2.24, 2.45) is 0 Å². The van der Waals surface area contributed by atoms with E-state index in [0.29, 0.717) is 18.3 Å². The van der Waals surface area contributed by atoms with Gasteiger partial charge in [0.1, 0.15) is 11.5 Å². The number of methoxy groups -OCH3 is 1. The van der Waals surface area contributed by atoms with E-state index in [4.69, 9.17) is 4.74 Å². The van der Waals surface area contributed by atoms with Crippen LogP contribution >= 0.6 is 0 Å². The van der Waals surface area contributed by atoms with E-state index in [9.17, 15) is 5.11 Å². The van der Waals surface area contributed by atoms with E-state index in [2.05, 4.69) is 31.1 Å². The lowest BCUT2D eigenvalue weighted by molar-refractivity contribution is 0.251. The Hall–Kier alpha value is -1.26. The fraction of sp³-hybridized carbons (Fsp3) is 0.600. The van der Waals surface area contributed by atoms with E-state index in [-0.39, 0.29) is 0 Å². The third-order valence-corrected chi connectivity index (χ3v) is 3.59. The number of aromatic hydroxyl groups is 1. The van der Waals surface area contributed by atoms with Gasteiger partial charge >= 0.3 is 0 Å². The Morgan fingerprint density at radius 1 is 1.42 bits per heavy atom. The van der Waals surface area contributed by atoms with Crippen LogP contribution in [0.5, 0.6) is 11.5 Å². The van der Waals surface area contributed by atoms with Gasteiger partial charge < -0.3 is 20.1 Å². The Morgan fingerprint density at radius 3 is 2.79 bits per heavy atom. The highest BCUT2D eigenvalue weighted by Gasteiger charge is 2.06. The topological polar surface area (TPSA) is 44.7 Å². The van der Waals surface area contributed by atoms with Crippen molar-refractivity contribution >= 4 is 0 Å². The Balaban J connectivity index is 2.37. The van der Waals surface area contributed by atoms with Crippen LogP contribution in [-0.4, -0.2) is 43.3 Å². The molecule has 0 aliphatic carbocycles. The van der Waals surface area contributed by atoms with Gasteiger partial charge in [0.25, 0.3) is 0 Å². The van der Waals surface area contributed by atoms with Crippen molar-refractivity contribution in [2.75, 3.05) is 27.2 Å². The Kier molecular flexibility index (Phi) is 6.67. The van der Waals surface area contributed by atoms with Crippen molar-refractivity contribution in [3.63, 3.8) is 0 Å². The minimum absolute atomic E-state index is 0.309. The first-order valence-corrected chi connectivity index (χ1v) is 6.85. The first-order chi connectivity index (χ1) is 9.08. The summed E-state index contributed by atoms with van der Waals surface area (Å²) in [6.45, 7) is 6.98. The molecule has 0 bridgehead atoms. The summed E-state index contributed by atoms with van der Waals surface area (Å²) in [5.74, 6) is 1.08. The highest BCUT2D eigenvalue weighted by molar-refractivity contribution is 5.39. The molecule has 0 saturated heterocycles. The van der Waals surface area contributed by atoms with Crippen LogP contribution in [-0.2, 0) is 6.54 Å². The largest absolute Gasteiger partial charge is 0.508 e. The first-order valence-electron chi connectivity index (χ1n) is 6.85. The first kappa shape index (κ1) is 15.8. The molecule has 0 aromatic heterocycles. The summed E-state index contributed by atoms with van der Waals surface area (Å²) in [6.07, 6.45) is 1.16. The molecule has 0 aliphatic heterocycles. The Morgan fingerprint density at radius 2 is 2.16 bits per heavy atom. The maximum atomic E-state index is 9.76. The molecule has 1 atom stereocenters. The number of nitrogens with one attached hydrogen (secondary N) is 1. The fourth-order valence-electron chi connectivity index (χ4n) is 1.84. The van der Waals surface area contributed by atoms with Crippen LogP contribution in [0.2, 0.25) is 0 Å². The molecule has 1 unspecified atom stereocenters. The number of hydrogen-bond acceptors (Lipinski definition) is 4. The van der Waals surface area contributed by atoms with Gasteiger partial charge in [-0.3, -0.25) is 0 Å². The zero-order chi connectivity index (χ0) is 14.3. The monoisotopic (exact) mass is 266 g/mol. The van der Waals surface area contributed by atoms with Crippen molar-refractivity contribution in [1.82, 2.24) is 10.2 Å². The summed E-state index contributed by atoms with van der Waals surface area (Å²) in [4.78, 5) is 2.33. The minimum atomic E-state index is 0.309. The van der Waals surface area contributed by atoms with E-state index >= 15 is 0 Å². The number of nitrogens with zero attached hydrogens (tertiary/aromatic N) is 1. The molecule has 0 amide bonds. The van der Waals surface area contributed by atoms with Crippen LogP contribution in [0.4, 0.5) is 0 Å². The molecule has 4 nitrogen and oxygen atoms in total. The maximum absolute atomic E-state index is 9.76. The molecule has 0 radical (unpaired) electrons. The summed E-state index contributed by atoms with van der Waals surface area (Å²) >= 11 is 0. The molecule has 2 N–H and O–H groups in total. The molecule has 108 valence electrons. The molecule has 1 aromatic rings. The normalized spacial score (nSPS) is 12.7. The molecule has 19 heavy (non-hydrogen) atoms. The van der Waals surface area contributed by atoms with Gasteiger partial charge in [-0.15, -0.1) is 0 Å². The molecule has 1 aromatic carbocycles. The average Bonchev–Trinajstić information content (AvgIpc) is 2.44. The van der Waals surface area contributed by atoms with Gasteiger partial charge in [0, 0.05) is 31.2 Å². The van der Waals surface area contributed by atoms with Crippen molar-refractivity contribution in [3.05, 3.63) is 23.8 Å². The number of hydrogen-bond donors (Lipinski definition) is 2. The smallest absolute Gasteiger partial charge is 0.120 e. The van der Waals surface area contributed by atoms with Crippen LogP contribution in [0.15, 0.2) is 18.2 Å². The Bertz CT molecular complexity index is 382. The number of rotatable bonds is 8. The second-order valence-corrected chi connectivity index (χ2v) is 4.91. The summed E-state index contributed by atoms with van der Waals surface area (Å²) < 4.78 is 5.15. The van der Waals surface area contributed by atoms with Gasteiger partial charge in [-0.1, -0.05) is 6.92 Å². The van der Waals surface area contributed by atoms with Crippen LogP contribution in [0.1, 0.15) is 25.8 Å². The van der Waals surface area contributed by atoms with E-state index in [0.717, 1.165) is 30.8 Å². The number of phenols is 1. The van der Waals surface area contributed by atoms with Gasteiger partial charge in [0.15, 0.2) is 0 Å². The third-order valence-electron chi connectivity index (χ3n) is 3.59. The van der Waals surface area contributed by atoms with Crippen molar-refractivity contribution < 1.29 is 9.84 Å². The zero-order valence-electron chi connectivity index (χ0n) is 12.4. The van der Waals surface area contributed by atoms with E-state index in [1.807, 2.05) is 6.07 Å². The van der Waals surface area contributed by atoms with Crippen LogP contribution < -0.4 is 10.1 Å². The number of ether oxygens (including phenoxy) is 1. The second kappa shape index (κ2) is 8.02. The Labute approximate surface area is 116 Å². The number of benzene rings is 1. The third kappa shape index (κ3) is 5.09. The standard InChI is InChI=1S/C15H26N2O2/c1-5-12(2)17(3)9-8-16-11-13-10-14(19-4)6-7-15(13)18/h6-7,10,12,16,18H,5,8-9,11H2,1-4H3.